The van der Waals surface area contributed by atoms with Crippen molar-refractivity contribution in [3.05, 3.63) is 18.0 Å². The number of nitrogens with one attached hydrogen (secondary N) is 1. The predicted molar refractivity (Wildman–Crippen MR) is 61.9 cm³/mol. The van der Waals surface area contributed by atoms with Crippen LogP contribution < -0.4 is 5.73 Å². The van der Waals surface area contributed by atoms with E-state index >= 15 is 0 Å². The van der Waals surface area contributed by atoms with E-state index in [1.807, 2.05) is 6.20 Å². The first-order valence-corrected chi connectivity index (χ1v) is 6.47. The minimum Gasteiger partial charge on any atom is -0.325 e. The molecular formula is C13H19N3. The van der Waals surface area contributed by atoms with Crippen molar-refractivity contribution in [2.75, 3.05) is 0 Å². The van der Waals surface area contributed by atoms with Crippen LogP contribution in [0.1, 0.15) is 44.2 Å². The molecule has 86 valence electrons. The van der Waals surface area contributed by atoms with Crippen molar-refractivity contribution in [3.63, 3.8) is 0 Å². The van der Waals surface area contributed by atoms with Crippen LogP contribution in [0.4, 0.5) is 0 Å². The fraction of sp³-hybridized carbons (Fsp3) is 0.769. The highest BCUT2D eigenvalue weighted by Gasteiger charge is 2.57. The Kier molecular flexibility index (Phi) is 1.56. The summed E-state index contributed by atoms with van der Waals surface area (Å²) in [6.07, 6.45) is 9.71. The quantitative estimate of drug-likeness (QED) is 0.755. The first kappa shape index (κ1) is 9.23. The van der Waals surface area contributed by atoms with Gasteiger partial charge in [-0.3, -0.25) is 5.10 Å². The molecule has 1 aromatic heterocycles. The summed E-state index contributed by atoms with van der Waals surface area (Å²) < 4.78 is 0. The van der Waals surface area contributed by atoms with Crippen molar-refractivity contribution in [3.8, 4) is 0 Å². The normalized spacial score (nSPS) is 49.8. The van der Waals surface area contributed by atoms with Crippen LogP contribution in [0.15, 0.2) is 12.3 Å². The molecule has 0 aromatic carbocycles. The molecule has 3 N–H and O–H groups in total. The van der Waals surface area contributed by atoms with Gasteiger partial charge in [-0.15, -0.1) is 0 Å². The predicted octanol–water partition coefficient (Wildman–Crippen LogP) is 1.96. The number of nitrogens with zero attached hydrogens (tertiary/aromatic N) is 1. The topological polar surface area (TPSA) is 54.7 Å². The molecule has 1 heterocycles. The smallest absolute Gasteiger partial charge is 0.0684 e. The van der Waals surface area contributed by atoms with Gasteiger partial charge in [-0.25, -0.2) is 0 Å². The van der Waals surface area contributed by atoms with Gasteiger partial charge in [0.25, 0.3) is 0 Å². The Morgan fingerprint density at radius 2 is 2.00 bits per heavy atom. The lowest BCUT2D eigenvalue weighted by Crippen LogP contribution is -2.61. The summed E-state index contributed by atoms with van der Waals surface area (Å²) in [5.74, 6) is 1.73. The van der Waals surface area contributed by atoms with Crippen LogP contribution in [-0.4, -0.2) is 15.7 Å². The fourth-order valence-electron chi connectivity index (χ4n) is 5.19. The molecule has 0 spiro atoms. The molecular weight excluding hydrogens is 198 g/mol. The molecule has 4 aliphatic carbocycles. The number of rotatable bonds is 1. The summed E-state index contributed by atoms with van der Waals surface area (Å²) in [6, 6.07) is 2.16. The molecule has 0 radical (unpaired) electrons. The van der Waals surface area contributed by atoms with Gasteiger partial charge in [-0.2, -0.15) is 5.10 Å². The van der Waals surface area contributed by atoms with Crippen molar-refractivity contribution < 1.29 is 0 Å². The van der Waals surface area contributed by atoms with E-state index in [-0.39, 0.29) is 5.54 Å². The molecule has 1 aromatic rings. The zero-order chi connectivity index (χ0) is 10.8. The molecule has 0 saturated heterocycles. The lowest BCUT2D eigenvalue weighted by molar-refractivity contribution is -0.0245. The molecule has 5 rings (SSSR count). The SMILES string of the molecule is NC12CC3CC(C1)CC(c1cc[nH]n1)(C3)C2. The number of hydrogen-bond donors (Lipinski definition) is 2. The molecule has 4 aliphatic rings. The van der Waals surface area contributed by atoms with Gasteiger partial charge in [0.05, 0.1) is 5.69 Å². The molecule has 4 saturated carbocycles. The monoisotopic (exact) mass is 217 g/mol. The maximum absolute atomic E-state index is 6.57. The second-order valence-electron chi connectivity index (χ2n) is 6.56. The Balaban J connectivity index is 1.80. The molecule has 4 fully saturated rings. The molecule has 4 bridgehead atoms. The first-order valence-electron chi connectivity index (χ1n) is 6.47. The minimum atomic E-state index is 0.128. The second kappa shape index (κ2) is 2.70. The largest absolute Gasteiger partial charge is 0.325 e. The minimum absolute atomic E-state index is 0.128. The molecule has 0 amide bonds. The van der Waals surface area contributed by atoms with Crippen molar-refractivity contribution in [2.24, 2.45) is 17.6 Å². The summed E-state index contributed by atoms with van der Waals surface area (Å²) in [5.41, 5.74) is 8.29. The lowest BCUT2D eigenvalue weighted by Gasteiger charge is -2.60. The van der Waals surface area contributed by atoms with Gasteiger partial charge in [0.2, 0.25) is 0 Å². The summed E-state index contributed by atoms with van der Waals surface area (Å²) in [5, 5.41) is 7.43. The molecule has 16 heavy (non-hydrogen) atoms. The first-order chi connectivity index (χ1) is 7.68. The van der Waals surface area contributed by atoms with Gasteiger partial charge in [0.1, 0.15) is 0 Å². The van der Waals surface area contributed by atoms with E-state index in [9.17, 15) is 0 Å². The average Bonchev–Trinajstić information content (AvgIpc) is 2.65. The third-order valence-corrected chi connectivity index (χ3v) is 5.15. The van der Waals surface area contributed by atoms with E-state index in [0.717, 1.165) is 18.3 Å². The number of H-pyrrole nitrogens is 1. The number of nitrogens with two attached hydrogens (primary N) is 1. The van der Waals surface area contributed by atoms with E-state index in [1.165, 1.54) is 37.8 Å². The van der Waals surface area contributed by atoms with Crippen molar-refractivity contribution >= 4 is 0 Å². The van der Waals surface area contributed by atoms with Crippen LogP contribution in [-0.2, 0) is 5.41 Å². The highest BCUT2D eigenvalue weighted by Crippen LogP contribution is 2.61. The van der Waals surface area contributed by atoms with E-state index in [4.69, 9.17) is 5.73 Å². The molecule has 3 heteroatoms. The van der Waals surface area contributed by atoms with Gasteiger partial charge < -0.3 is 5.73 Å². The summed E-state index contributed by atoms with van der Waals surface area (Å²) in [6.45, 7) is 0. The third kappa shape index (κ3) is 1.10. The second-order valence-corrected chi connectivity index (χ2v) is 6.56. The number of aromatic amines is 1. The zero-order valence-electron chi connectivity index (χ0n) is 9.58. The Morgan fingerprint density at radius 1 is 1.25 bits per heavy atom. The Labute approximate surface area is 95.8 Å². The van der Waals surface area contributed by atoms with Crippen LogP contribution in [0.2, 0.25) is 0 Å². The molecule has 0 aliphatic heterocycles. The van der Waals surface area contributed by atoms with Crippen LogP contribution in [0, 0.1) is 11.8 Å². The van der Waals surface area contributed by atoms with Gasteiger partial charge in [-0.05, 0) is 56.4 Å². The van der Waals surface area contributed by atoms with E-state index in [2.05, 4.69) is 16.3 Å². The van der Waals surface area contributed by atoms with Gasteiger partial charge in [0.15, 0.2) is 0 Å². The summed E-state index contributed by atoms with van der Waals surface area (Å²) in [4.78, 5) is 0. The third-order valence-electron chi connectivity index (χ3n) is 5.15. The fourth-order valence-corrected chi connectivity index (χ4v) is 5.19. The van der Waals surface area contributed by atoms with Gasteiger partial charge in [-0.1, -0.05) is 0 Å². The Morgan fingerprint density at radius 3 is 2.56 bits per heavy atom. The zero-order valence-corrected chi connectivity index (χ0v) is 9.58. The van der Waals surface area contributed by atoms with Crippen molar-refractivity contribution in [2.45, 2.75) is 49.5 Å². The van der Waals surface area contributed by atoms with E-state index in [1.54, 1.807) is 0 Å². The summed E-state index contributed by atoms with van der Waals surface area (Å²) in [7, 11) is 0. The Hall–Kier alpha value is -0.830. The maximum atomic E-state index is 6.57. The molecule has 2 atom stereocenters. The van der Waals surface area contributed by atoms with Crippen LogP contribution in [0.25, 0.3) is 0 Å². The van der Waals surface area contributed by atoms with Gasteiger partial charge >= 0.3 is 0 Å². The molecule has 2 unspecified atom stereocenters. The van der Waals surface area contributed by atoms with Gasteiger partial charge in [0, 0.05) is 17.2 Å². The van der Waals surface area contributed by atoms with E-state index in [0.29, 0.717) is 5.41 Å². The van der Waals surface area contributed by atoms with E-state index < -0.39 is 0 Å². The average molecular weight is 217 g/mol. The highest BCUT2D eigenvalue weighted by atomic mass is 15.1. The number of hydrogen-bond acceptors (Lipinski definition) is 2. The highest BCUT2D eigenvalue weighted by molar-refractivity contribution is 5.25. The maximum Gasteiger partial charge on any atom is 0.0684 e. The van der Waals surface area contributed by atoms with Crippen molar-refractivity contribution in [1.29, 1.82) is 0 Å². The van der Waals surface area contributed by atoms with Crippen LogP contribution >= 0.6 is 0 Å². The Bertz CT molecular complexity index is 395. The van der Waals surface area contributed by atoms with Crippen LogP contribution in [0.5, 0.6) is 0 Å². The number of aromatic nitrogens is 2. The standard InChI is InChI=1S/C13H19N3/c14-13-6-9-3-10(7-13)5-12(4-9,8-13)11-1-2-15-16-11/h1-2,9-10H,3-8,14H2,(H,15,16). The lowest BCUT2D eigenvalue weighted by atomic mass is 9.46. The molecule has 3 nitrogen and oxygen atoms in total. The van der Waals surface area contributed by atoms with Crippen molar-refractivity contribution in [1.82, 2.24) is 10.2 Å². The van der Waals surface area contributed by atoms with Crippen LogP contribution in [0.3, 0.4) is 0 Å². The summed E-state index contributed by atoms with van der Waals surface area (Å²) >= 11 is 0.